The standard InChI is InChI=1S/C18H28ClNO2.C2H2O4/c1-16-5-2-10-20(15-16)11-3-12-21-13-4-14-22-18-8-6-17(19)7-9-18;3-1(4)2(5)6/h6-9,16H,2-5,10-15H2,1H3;(H,3,4)(H,5,6). The van der Waals surface area contributed by atoms with E-state index in [9.17, 15) is 0 Å². The fourth-order valence-corrected chi connectivity index (χ4v) is 2.99. The van der Waals surface area contributed by atoms with Gasteiger partial charge in [-0.05, 0) is 56.0 Å². The first-order chi connectivity index (χ1) is 13.4. The SMILES string of the molecule is CC1CCCN(CCCOCCCOc2ccc(Cl)cc2)C1.O=C(O)C(=O)O. The van der Waals surface area contributed by atoms with Crippen LogP contribution < -0.4 is 4.74 Å². The first-order valence-corrected chi connectivity index (χ1v) is 9.91. The summed E-state index contributed by atoms with van der Waals surface area (Å²) in [4.78, 5) is 20.8. The Balaban J connectivity index is 0.000000568. The number of nitrogens with zero attached hydrogens (tertiary/aromatic N) is 1. The molecule has 1 heterocycles. The molecule has 0 aromatic heterocycles. The zero-order valence-corrected chi connectivity index (χ0v) is 17.1. The van der Waals surface area contributed by atoms with Crippen LogP contribution in [0.4, 0.5) is 0 Å². The molecular weight excluding hydrogens is 386 g/mol. The van der Waals surface area contributed by atoms with Gasteiger partial charge in [0, 0.05) is 37.7 Å². The molecule has 1 aromatic carbocycles. The quantitative estimate of drug-likeness (QED) is 0.471. The van der Waals surface area contributed by atoms with Crippen molar-refractivity contribution in [2.45, 2.75) is 32.6 Å². The number of hydrogen-bond acceptors (Lipinski definition) is 5. The zero-order valence-electron chi connectivity index (χ0n) is 16.3. The number of ether oxygens (including phenoxy) is 2. The highest BCUT2D eigenvalue weighted by Crippen LogP contribution is 2.16. The summed E-state index contributed by atoms with van der Waals surface area (Å²) in [7, 11) is 0. The van der Waals surface area contributed by atoms with Crippen LogP contribution in [0.1, 0.15) is 32.6 Å². The number of halogens is 1. The molecule has 0 aliphatic carbocycles. The summed E-state index contributed by atoms with van der Waals surface area (Å²) in [5.74, 6) is -1.92. The van der Waals surface area contributed by atoms with Crippen LogP contribution in [0.15, 0.2) is 24.3 Å². The Morgan fingerprint density at radius 3 is 2.36 bits per heavy atom. The van der Waals surface area contributed by atoms with E-state index in [1.165, 1.54) is 32.5 Å². The lowest BCUT2D eigenvalue weighted by atomic mass is 10.0. The molecule has 1 atom stereocenters. The second-order valence-electron chi connectivity index (χ2n) is 6.78. The van der Waals surface area contributed by atoms with Gasteiger partial charge < -0.3 is 24.6 Å². The van der Waals surface area contributed by atoms with Crippen LogP contribution in [0.3, 0.4) is 0 Å². The van der Waals surface area contributed by atoms with Crippen molar-refractivity contribution in [3.63, 3.8) is 0 Å². The van der Waals surface area contributed by atoms with Gasteiger partial charge in [0.25, 0.3) is 0 Å². The molecule has 2 N–H and O–H groups in total. The van der Waals surface area contributed by atoms with Gasteiger partial charge in [-0.2, -0.15) is 0 Å². The molecule has 0 spiro atoms. The lowest BCUT2D eigenvalue weighted by Crippen LogP contribution is -2.35. The number of likely N-dealkylation sites (tertiary alicyclic amines) is 1. The topological polar surface area (TPSA) is 96.3 Å². The first kappa shape index (κ1) is 24.2. The van der Waals surface area contributed by atoms with E-state index in [0.717, 1.165) is 42.7 Å². The van der Waals surface area contributed by atoms with Gasteiger partial charge in [0.15, 0.2) is 0 Å². The number of carboxylic acid groups (broad SMARTS) is 2. The van der Waals surface area contributed by atoms with Crippen molar-refractivity contribution in [1.82, 2.24) is 4.90 Å². The van der Waals surface area contributed by atoms with E-state index in [4.69, 9.17) is 40.9 Å². The number of rotatable bonds is 9. The zero-order chi connectivity index (χ0) is 20.8. The predicted octanol–water partition coefficient (Wildman–Crippen LogP) is 3.40. The summed E-state index contributed by atoms with van der Waals surface area (Å²) in [5.41, 5.74) is 0. The lowest BCUT2D eigenvalue weighted by molar-refractivity contribution is -0.159. The van der Waals surface area contributed by atoms with Gasteiger partial charge in [-0.15, -0.1) is 0 Å². The van der Waals surface area contributed by atoms with Crippen molar-refractivity contribution >= 4 is 23.5 Å². The number of piperidine rings is 1. The van der Waals surface area contributed by atoms with Gasteiger partial charge >= 0.3 is 11.9 Å². The highest BCUT2D eigenvalue weighted by Gasteiger charge is 2.15. The highest BCUT2D eigenvalue weighted by atomic mass is 35.5. The van der Waals surface area contributed by atoms with Crippen LogP contribution in [-0.4, -0.2) is 66.5 Å². The Labute approximate surface area is 171 Å². The fourth-order valence-electron chi connectivity index (χ4n) is 2.86. The van der Waals surface area contributed by atoms with Crippen molar-refractivity contribution in [3.05, 3.63) is 29.3 Å². The molecule has 1 saturated heterocycles. The Bertz CT molecular complexity index is 569. The number of carbonyl (C=O) groups is 2. The third-order valence-electron chi connectivity index (χ3n) is 4.20. The average molecular weight is 416 g/mol. The van der Waals surface area contributed by atoms with Gasteiger partial charge in [-0.3, -0.25) is 0 Å². The Kier molecular flexibility index (Phi) is 12.3. The molecule has 158 valence electrons. The van der Waals surface area contributed by atoms with Crippen LogP contribution in [0, 0.1) is 5.92 Å². The number of hydrogen-bond donors (Lipinski definition) is 2. The summed E-state index contributed by atoms with van der Waals surface area (Å²) in [6.45, 7) is 8.35. The third kappa shape index (κ3) is 11.8. The van der Waals surface area contributed by atoms with E-state index in [1.807, 2.05) is 24.3 Å². The van der Waals surface area contributed by atoms with Crippen molar-refractivity contribution in [2.24, 2.45) is 5.92 Å². The average Bonchev–Trinajstić information content (AvgIpc) is 2.66. The molecule has 28 heavy (non-hydrogen) atoms. The molecule has 7 nitrogen and oxygen atoms in total. The molecule has 1 aliphatic heterocycles. The van der Waals surface area contributed by atoms with E-state index in [1.54, 1.807) is 0 Å². The van der Waals surface area contributed by atoms with E-state index >= 15 is 0 Å². The highest BCUT2D eigenvalue weighted by molar-refractivity contribution is 6.30. The van der Waals surface area contributed by atoms with Gasteiger partial charge in [-0.25, -0.2) is 9.59 Å². The second kappa shape index (κ2) is 14.2. The minimum atomic E-state index is -1.82. The van der Waals surface area contributed by atoms with Crippen LogP contribution in [0.2, 0.25) is 5.02 Å². The van der Waals surface area contributed by atoms with Crippen LogP contribution >= 0.6 is 11.6 Å². The smallest absolute Gasteiger partial charge is 0.414 e. The normalized spacial score (nSPS) is 16.7. The molecule has 0 bridgehead atoms. The number of carboxylic acids is 2. The minimum Gasteiger partial charge on any atom is -0.494 e. The Morgan fingerprint density at radius 1 is 1.11 bits per heavy atom. The first-order valence-electron chi connectivity index (χ1n) is 9.53. The van der Waals surface area contributed by atoms with E-state index in [2.05, 4.69) is 11.8 Å². The molecule has 1 unspecified atom stereocenters. The molecular formula is C20H30ClNO6. The fraction of sp³-hybridized carbons (Fsp3) is 0.600. The largest absolute Gasteiger partial charge is 0.494 e. The monoisotopic (exact) mass is 415 g/mol. The molecule has 0 amide bonds. The number of aliphatic carboxylic acids is 2. The van der Waals surface area contributed by atoms with Crippen LogP contribution in [-0.2, 0) is 14.3 Å². The van der Waals surface area contributed by atoms with Gasteiger partial charge in [0.2, 0.25) is 0 Å². The molecule has 8 heteroatoms. The van der Waals surface area contributed by atoms with Crippen molar-refractivity contribution in [2.75, 3.05) is 39.5 Å². The molecule has 2 rings (SSSR count). The summed E-state index contributed by atoms with van der Waals surface area (Å²) in [5, 5.41) is 15.5. The van der Waals surface area contributed by atoms with Crippen LogP contribution in [0.5, 0.6) is 5.75 Å². The predicted molar refractivity (Wildman–Crippen MR) is 107 cm³/mol. The summed E-state index contributed by atoms with van der Waals surface area (Å²) >= 11 is 5.83. The van der Waals surface area contributed by atoms with Gasteiger partial charge in [-0.1, -0.05) is 18.5 Å². The number of benzene rings is 1. The van der Waals surface area contributed by atoms with Gasteiger partial charge in [0.1, 0.15) is 5.75 Å². The van der Waals surface area contributed by atoms with Crippen molar-refractivity contribution in [3.8, 4) is 5.75 Å². The van der Waals surface area contributed by atoms with E-state index < -0.39 is 11.9 Å². The molecule has 0 saturated carbocycles. The molecule has 1 aromatic rings. The molecule has 0 radical (unpaired) electrons. The third-order valence-corrected chi connectivity index (χ3v) is 4.45. The second-order valence-corrected chi connectivity index (χ2v) is 7.22. The molecule has 1 aliphatic rings. The minimum absolute atomic E-state index is 0.686. The molecule has 1 fully saturated rings. The van der Waals surface area contributed by atoms with Gasteiger partial charge in [0.05, 0.1) is 6.61 Å². The summed E-state index contributed by atoms with van der Waals surface area (Å²) < 4.78 is 11.3. The Morgan fingerprint density at radius 2 is 1.75 bits per heavy atom. The van der Waals surface area contributed by atoms with E-state index in [0.29, 0.717) is 6.61 Å². The Hall–Kier alpha value is -1.83. The van der Waals surface area contributed by atoms with Crippen LogP contribution in [0.25, 0.3) is 0 Å². The maximum atomic E-state index is 9.10. The summed E-state index contributed by atoms with van der Waals surface area (Å²) in [6.07, 6.45) is 4.79. The maximum absolute atomic E-state index is 9.10. The summed E-state index contributed by atoms with van der Waals surface area (Å²) in [6, 6.07) is 7.47. The van der Waals surface area contributed by atoms with E-state index in [-0.39, 0.29) is 0 Å². The van der Waals surface area contributed by atoms with Crippen molar-refractivity contribution < 1.29 is 29.3 Å². The van der Waals surface area contributed by atoms with Crippen molar-refractivity contribution in [1.29, 1.82) is 0 Å². The lowest BCUT2D eigenvalue weighted by Gasteiger charge is -2.30. The maximum Gasteiger partial charge on any atom is 0.414 e.